The zero-order valence-corrected chi connectivity index (χ0v) is 18.7. The topological polar surface area (TPSA) is 62.6 Å². The summed E-state index contributed by atoms with van der Waals surface area (Å²) < 4.78 is 34.4. The van der Waals surface area contributed by atoms with Gasteiger partial charge in [0.25, 0.3) is 6.01 Å². The Kier molecular flexibility index (Phi) is 6.80. The number of ether oxygens (including phenoxy) is 3. The fraction of sp³-hybridized carbons (Fsp3) is 0.667. The van der Waals surface area contributed by atoms with E-state index in [2.05, 4.69) is 4.98 Å². The molecule has 1 aromatic carbocycles. The van der Waals surface area contributed by atoms with Gasteiger partial charge in [-0.2, -0.15) is 4.98 Å². The number of ketones is 1. The van der Waals surface area contributed by atoms with Crippen LogP contribution >= 0.6 is 0 Å². The molecule has 0 spiro atoms. The van der Waals surface area contributed by atoms with Gasteiger partial charge in [0.15, 0.2) is 5.82 Å². The smallest absolute Gasteiger partial charge is 0.297 e. The predicted molar refractivity (Wildman–Crippen MR) is 116 cm³/mol. The Morgan fingerprint density at radius 2 is 1.81 bits per heavy atom. The molecule has 4 rings (SSSR count). The zero-order valence-electron chi connectivity index (χ0n) is 18.7. The molecule has 2 aliphatic carbocycles. The first-order valence-corrected chi connectivity index (χ1v) is 11.5. The Morgan fingerprint density at radius 1 is 1.13 bits per heavy atom. The summed E-state index contributed by atoms with van der Waals surface area (Å²) in [7, 11) is 1.85. The number of aromatic nitrogens is 2. The third-order valence-corrected chi connectivity index (χ3v) is 6.37. The lowest BCUT2D eigenvalue weighted by Gasteiger charge is -2.29. The van der Waals surface area contributed by atoms with Gasteiger partial charge in [0.05, 0.1) is 17.7 Å². The van der Waals surface area contributed by atoms with E-state index in [4.69, 9.17) is 14.2 Å². The van der Waals surface area contributed by atoms with E-state index in [-0.39, 0.29) is 35.8 Å². The quantitative estimate of drug-likeness (QED) is 0.560. The molecule has 1 atom stereocenters. The largest absolute Gasteiger partial charge is 0.490 e. The Labute approximate surface area is 183 Å². The lowest BCUT2D eigenvalue weighted by molar-refractivity contribution is -0.118. The number of nitrogens with zero attached hydrogens (tertiary/aromatic N) is 2. The van der Waals surface area contributed by atoms with Crippen LogP contribution in [0.15, 0.2) is 12.1 Å². The van der Waals surface area contributed by atoms with Crippen LogP contribution in [0.1, 0.15) is 65.2 Å². The molecular weight excluding hydrogens is 399 g/mol. The van der Waals surface area contributed by atoms with Crippen LogP contribution in [0.3, 0.4) is 0 Å². The summed E-state index contributed by atoms with van der Waals surface area (Å²) in [4.78, 5) is 15.6. The Bertz CT molecular complexity index is 916. The van der Waals surface area contributed by atoms with Crippen LogP contribution in [0, 0.1) is 11.7 Å². The number of hydrogen-bond donors (Lipinski definition) is 0. The van der Waals surface area contributed by atoms with Crippen molar-refractivity contribution < 1.29 is 23.4 Å². The van der Waals surface area contributed by atoms with Gasteiger partial charge in [-0.25, -0.2) is 4.39 Å². The molecule has 0 radical (unpaired) electrons. The van der Waals surface area contributed by atoms with Crippen LogP contribution in [0.5, 0.6) is 11.8 Å². The second kappa shape index (κ2) is 9.55. The van der Waals surface area contributed by atoms with Gasteiger partial charge < -0.3 is 19.0 Å². The van der Waals surface area contributed by atoms with E-state index < -0.39 is 0 Å². The molecule has 0 saturated heterocycles. The fourth-order valence-corrected chi connectivity index (χ4v) is 4.37. The van der Waals surface area contributed by atoms with Crippen molar-refractivity contribution in [3.8, 4) is 11.8 Å². The molecule has 2 aliphatic rings. The SMILES string of the molecule is CC(=O)C[C@@H](C)COC1CCC(Oc2nc3c(F)cc(OC4CCC4)cc3n2C)CC1. The van der Waals surface area contributed by atoms with Gasteiger partial charge in [-0.3, -0.25) is 4.57 Å². The summed E-state index contributed by atoms with van der Waals surface area (Å²) in [5, 5.41) is 0. The molecule has 2 fully saturated rings. The summed E-state index contributed by atoms with van der Waals surface area (Å²) in [5.74, 6) is 0.628. The number of imidazole rings is 1. The standard InChI is InChI=1S/C24H33FN2O4/c1-15(11-16(2)28)14-29-17-7-9-19(10-8-17)31-24-26-23-21(25)12-20(13-22(23)27(24)3)30-18-5-4-6-18/h12-13,15,17-19H,4-11,14H2,1-3H3/t15-,17?,19?/m1/s1. The molecule has 7 heteroatoms. The minimum atomic E-state index is -0.380. The molecule has 2 aromatic rings. The second-order valence-corrected chi connectivity index (χ2v) is 9.26. The second-order valence-electron chi connectivity index (χ2n) is 9.26. The Hall–Kier alpha value is -2.15. The van der Waals surface area contributed by atoms with Gasteiger partial charge in [-0.1, -0.05) is 6.92 Å². The lowest BCUT2D eigenvalue weighted by Crippen LogP contribution is -2.30. The first-order chi connectivity index (χ1) is 14.9. The van der Waals surface area contributed by atoms with Crippen LogP contribution in [0.2, 0.25) is 0 Å². The zero-order chi connectivity index (χ0) is 22.0. The van der Waals surface area contributed by atoms with E-state index in [1.807, 2.05) is 20.0 Å². The van der Waals surface area contributed by atoms with Crippen LogP contribution < -0.4 is 9.47 Å². The fourth-order valence-electron chi connectivity index (χ4n) is 4.37. The molecule has 0 N–H and O–H groups in total. The van der Waals surface area contributed by atoms with Gasteiger partial charge >= 0.3 is 0 Å². The number of hydrogen-bond acceptors (Lipinski definition) is 5. The monoisotopic (exact) mass is 432 g/mol. The van der Waals surface area contributed by atoms with Crippen LogP contribution in [0.25, 0.3) is 11.0 Å². The van der Waals surface area contributed by atoms with Gasteiger partial charge in [0.2, 0.25) is 0 Å². The van der Waals surface area contributed by atoms with Crippen molar-refractivity contribution >= 4 is 16.8 Å². The molecule has 0 aliphatic heterocycles. The minimum Gasteiger partial charge on any atom is -0.490 e. The first-order valence-electron chi connectivity index (χ1n) is 11.5. The summed E-state index contributed by atoms with van der Waals surface area (Å²) in [5.41, 5.74) is 0.996. The van der Waals surface area contributed by atoms with Crippen molar-refractivity contribution in [3.05, 3.63) is 17.9 Å². The highest BCUT2D eigenvalue weighted by Gasteiger charge is 2.26. The van der Waals surface area contributed by atoms with Gasteiger partial charge in [-0.05, 0) is 57.8 Å². The van der Waals surface area contributed by atoms with E-state index in [1.165, 1.54) is 12.5 Å². The van der Waals surface area contributed by atoms with E-state index in [0.717, 1.165) is 38.5 Å². The average Bonchev–Trinajstić information content (AvgIpc) is 3.00. The molecule has 0 amide bonds. The molecule has 6 nitrogen and oxygen atoms in total. The third kappa shape index (κ3) is 5.37. The number of benzene rings is 1. The number of halogens is 1. The molecule has 0 bridgehead atoms. The number of aryl methyl sites for hydroxylation is 1. The Balaban J connectivity index is 1.33. The third-order valence-electron chi connectivity index (χ3n) is 6.37. The number of fused-ring (bicyclic) bond motifs is 1. The van der Waals surface area contributed by atoms with E-state index >= 15 is 0 Å². The molecule has 1 aromatic heterocycles. The van der Waals surface area contributed by atoms with Crippen LogP contribution in [-0.2, 0) is 16.6 Å². The van der Waals surface area contributed by atoms with E-state index in [9.17, 15) is 9.18 Å². The highest BCUT2D eigenvalue weighted by atomic mass is 19.1. The summed E-state index contributed by atoms with van der Waals surface area (Å²) in [6.07, 6.45) is 7.80. The highest BCUT2D eigenvalue weighted by Crippen LogP contribution is 2.32. The van der Waals surface area contributed by atoms with Crippen molar-refractivity contribution in [2.45, 2.75) is 83.5 Å². The van der Waals surface area contributed by atoms with Crippen molar-refractivity contribution in [3.63, 3.8) is 0 Å². The van der Waals surface area contributed by atoms with Gasteiger partial charge in [-0.15, -0.1) is 0 Å². The minimum absolute atomic E-state index is 0.0405. The van der Waals surface area contributed by atoms with Gasteiger partial charge in [0.1, 0.15) is 23.2 Å². The summed E-state index contributed by atoms with van der Waals surface area (Å²) >= 11 is 0. The van der Waals surface area contributed by atoms with Crippen molar-refractivity contribution in [2.24, 2.45) is 13.0 Å². The molecule has 0 unspecified atom stereocenters. The van der Waals surface area contributed by atoms with Crippen LogP contribution in [0.4, 0.5) is 4.39 Å². The maximum Gasteiger partial charge on any atom is 0.297 e. The number of Topliss-reactive ketones (excluding diaryl/α,β-unsaturated/α-hetero) is 1. The van der Waals surface area contributed by atoms with Gasteiger partial charge in [0, 0.05) is 32.2 Å². The first kappa shape index (κ1) is 22.1. The van der Waals surface area contributed by atoms with Crippen molar-refractivity contribution in [2.75, 3.05) is 6.61 Å². The van der Waals surface area contributed by atoms with E-state index in [0.29, 0.717) is 35.8 Å². The van der Waals surface area contributed by atoms with Crippen molar-refractivity contribution in [1.82, 2.24) is 9.55 Å². The maximum absolute atomic E-state index is 14.6. The van der Waals surface area contributed by atoms with Crippen LogP contribution in [-0.4, -0.2) is 40.3 Å². The Morgan fingerprint density at radius 3 is 2.45 bits per heavy atom. The number of carbonyl (C=O) groups is 1. The molecule has 170 valence electrons. The molecular formula is C24H33FN2O4. The summed E-state index contributed by atoms with van der Waals surface area (Å²) in [6.45, 7) is 4.28. The normalized spacial score (nSPS) is 22.8. The number of rotatable bonds is 9. The number of carbonyl (C=O) groups excluding carboxylic acids is 1. The predicted octanol–water partition coefficient (Wildman–Crippen LogP) is 4.97. The summed E-state index contributed by atoms with van der Waals surface area (Å²) in [6, 6.07) is 3.71. The van der Waals surface area contributed by atoms with Crippen molar-refractivity contribution in [1.29, 1.82) is 0 Å². The average molecular weight is 433 g/mol. The maximum atomic E-state index is 14.6. The molecule has 2 saturated carbocycles. The molecule has 31 heavy (non-hydrogen) atoms. The highest BCUT2D eigenvalue weighted by molar-refractivity contribution is 5.79. The van der Waals surface area contributed by atoms with E-state index in [1.54, 1.807) is 11.5 Å². The molecule has 1 heterocycles. The lowest BCUT2D eigenvalue weighted by atomic mass is 9.95.